The van der Waals surface area contributed by atoms with Gasteiger partial charge in [-0.15, -0.1) is 0 Å². The zero-order valence-corrected chi connectivity index (χ0v) is 13.1. The van der Waals surface area contributed by atoms with E-state index in [1.807, 2.05) is 18.2 Å². The van der Waals surface area contributed by atoms with Gasteiger partial charge in [0, 0.05) is 17.1 Å². The number of hydrogen-bond acceptors (Lipinski definition) is 3. The molecule has 0 radical (unpaired) electrons. The van der Waals surface area contributed by atoms with Crippen molar-refractivity contribution in [3.63, 3.8) is 0 Å². The number of rotatable bonds is 5. The number of methoxy groups -OCH3 is 1. The summed E-state index contributed by atoms with van der Waals surface area (Å²) < 4.78 is 6.20. The molecule has 20 heavy (non-hydrogen) atoms. The van der Waals surface area contributed by atoms with Crippen molar-refractivity contribution in [2.75, 3.05) is 7.11 Å². The van der Waals surface area contributed by atoms with Crippen LogP contribution in [0.5, 0.6) is 5.75 Å². The first-order chi connectivity index (χ1) is 9.60. The molecule has 110 valence electrons. The van der Waals surface area contributed by atoms with Gasteiger partial charge in [0.2, 0.25) is 0 Å². The van der Waals surface area contributed by atoms with E-state index in [0.717, 1.165) is 42.5 Å². The van der Waals surface area contributed by atoms with Gasteiger partial charge in [-0.1, -0.05) is 22.0 Å². The van der Waals surface area contributed by atoms with Gasteiger partial charge in [-0.05, 0) is 43.4 Å². The summed E-state index contributed by atoms with van der Waals surface area (Å²) >= 11 is 3.54. The molecule has 2 N–H and O–H groups in total. The molecule has 1 fully saturated rings. The lowest BCUT2D eigenvalue weighted by Gasteiger charge is -2.27. The Morgan fingerprint density at radius 3 is 2.65 bits per heavy atom. The van der Waals surface area contributed by atoms with E-state index in [4.69, 9.17) is 9.84 Å². The molecule has 0 spiro atoms. The third kappa shape index (κ3) is 3.96. The maximum atomic E-state index is 10.9. The van der Waals surface area contributed by atoms with Crippen molar-refractivity contribution in [1.29, 1.82) is 0 Å². The first kappa shape index (κ1) is 15.3. The Hall–Kier alpha value is -1.07. The number of ether oxygens (including phenoxy) is 1. The minimum atomic E-state index is -0.652. The highest BCUT2D eigenvalue weighted by atomic mass is 79.9. The molecule has 5 heteroatoms. The van der Waals surface area contributed by atoms with Gasteiger partial charge >= 0.3 is 5.97 Å². The Bertz CT molecular complexity index is 470. The van der Waals surface area contributed by atoms with E-state index in [2.05, 4.69) is 21.2 Å². The van der Waals surface area contributed by atoms with E-state index in [-0.39, 0.29) is 5.92 Å². The highest BCUT2D eigenvalue weighted by Crippen LogP contribution is 2.26. The van der Waals surface area contributed by atoms with Crippen LogP contribution in [-0.4, -0.2) is 24.2 Å². The fraction of sp³-hybridized carbons (Fsp3) is 0.533. The third-order valence-corrected chi connectivity index (χ3v) is 4.66. The lowest BCUT2D eigenvalue weighted by atomic mass is 9.86. The molecule has 1 aliphatic rings. The molecular formula is C15H20BrNO3. The van der Waals surface area contributed by atoms with Crippen LogP contribution in [0.2, 0.25) is 0 Å². The van der Waals surface area contributed by atoms with Crippen LogP contribution < -0.4 is 10.1 Å². The van der Waals surface area contributed by atoms with Gasteiger partial charge in [0.15, 0.2) is 0 Å². The molecule has 1 aliphatic carbocycles. The van der Waals surface area contributed by atoms with Crippen molar-refractivity contribution in [1.82, 2.24) is 5.32 Å². The van der Waals surface area contributed by atoms with Crippen LogP contribution in [0.25, 0.3) is 0 Å². The van der Waals surface area contributed by atoms with Crippen LogP contribution in [0, 0.1) is 5.92 Å². The summed E-state index contributed by atoms with van der Waals surface area (Å²) in [4.78, 5) is 10.9. The predicted molar refractivity (Wildman–Crippen MR) is 80.9 cm³/mol. The van der Waals surface area contributed by atoms with Crippen LogP contribution in [0.3, 0.4) is 0 Å². The number of carbonyl (C=O) groups is 1. The Kier molecular flexibility index (Phi) is 5.43. The van der Waals surface area contributed by atoms with Crippen molar-refractivity contribution < 1.29 is 14.6 Å². The van der Waals surface area contributed by atoms with Crippen LogP contribution in [-0.2, 0) is 11.3 Å². The molecule has 0 heterocycles. The highest BCUT2D eigenvalue weighted by Gasteiger charge is 2.25. The zero-order chi connectivity index (χ0) is 14.5. The van der Waals surface area contributed by atoms with Crippen LogP contribution in [0.1, 0.15) is 31.2 Å². The van der Waals surface area contributed by atoms with E-state index in [1.165, 1.54) is 5.56 Å². The molecule has 1 saturated carbocycles. The largest absolute Gasteiger partial charge is 0.497 e. The van der Waals surface area contributed by atoms with E-state index in [0.29, 0.717) is 6.04 Å². The van der Waals surface area contributed by atoms with Gasteiger partial charge in [-0.3, -0.25) is 4.79 Å². The molecule has 0 unspecified atom stereocenters. The normalized spacial score (nSPS) is 22.5. The van der Waals surface area contributed by atoms with Crippen molar-refractivity contribution in [3.05, 3.63) is 28.2 Å². The van der Waals surface area contributed by atoms with E-state index in [1.54, 1.807) is 7.11 Å². The molecule has 2 rings (SSSR count). The molecule has 0 bridgehead atoms. The first-order valence-corrected chi connectivity index (χ1v) is 7.68. The second-order valence-electron chi connectivity index (χ2n) is 5.23. The van der Waals surface area contributed by atoms with Crippen molar-refractivity contribution in [3.8, 4) is 5.75 Å². The third-order valence-electron chi connectivity index (χ3n) is 3.92. The van der Waals surface area contributed by atoms with Gasteiger partial charge in [0.1, 0.15) is 5.75 Å². The quantitative estimate of drug-likeness (QED) is 0.863. The summed E-state index contributed by atoms with van der Waals surface area (Å²) in [7, 11) is 1.65. The highest BCUT2D eigenvalue weighted by molar-refractivity contribution is 9.10. The molecule has 1 aromatic carbocycles. The smallest absolute Gasteiger partial charge is 0.306 e. The van der Waals surface area contributed by atoms with Crippen LogP contribution in [0.4, 0.5) is 0 Å². The summed E-state index contributed by atoms with van der Waals surface area (Å²) in [5.41, 5.74) is 1.19. The molecule has 0 aromatic heterocycles. The molecule has 0 amide bonds. The summed E-state index contributed by atoms with van der Waals surface area (Å²) in [5, 5.41) is 12.5. The lowest BCUT2D eigenvalue weighted by Crippen LogP contribution is -2.34. The first-order valence-electron chi connectivity index (χ1n) is 6.88. The van der Waals surface area contributed by atoms with Gasteiger partial charge in [0.05, 0.1) is 13.0 Å². The number of hydrogen-bond donors (Lipinski definition) is 2. The topological polar surface area (TPSA) is 58.6 Å². The van der Waals surface area contributed by atoms with E-state index < -0.39 is 5.97 Å². The molecule has 0 atom stereocenters. The van der Waals surface area contributed by atoms with E-state index in [9.17, 15) is 4.79 Å². The number of nitrogens with one attached hydrogen (secondary N) is 1. The maximum absolute atomic E-state index is 10.9. The summed E-state index contributed by atoms with van der Waals surface area (Å²) in [6.07, 6.45) is 3.42. The molecule has 4 nitrogen and oxygen atoms in total. The Morgan fingerprint density at radius 2 is 2.10 bits per heavy atom. The summed E-state index contributed by atoms with van der Waals surface area (Å²) in [5.74, 6) is 0.0321. The predicted octanol–water partition coefficient (Wildman–Crippen LogP) is 3.19. The van der Waals surface area contributed by atoms with E-state index >= 15 is 0 Å². The number of carboxylic acids is 1. The standard InChI is InChI=1S/C15H20BrNO3/c1-20-13-7-4-11(14(16)8-13)9-17-12-5-2-10(3-6-12)15(18)19/h4,7-8,10,12,17H,2-3,5-6,9H2,1H3,(H,18,19). The Morgan fingerprint density at radius 1 is 1.40 bits per heavy atom. The second-order valence-corrected chi connectivity index (χ2v) is 6.08. The average Bonchev–Trinajstić information content (AvgIpc) is 2.46. The summed E-state index contributed by atoms with van der Waals surface area (Å²) in [6.45, 7) is 0.785. The Balaban J connectivity index is 1.83. The molecule has 1 aromatic rings. The van der Waals surface area contributed by atoms with Gasteiger partial charge in [-0.25, -0.2) is 0 Å². The van der Waals surface area contributed by atoms with Crippen LogP contribution in [0.15, 0.2) is 22.7 Å². The molecule has 0 saturated heterocycles. The summed E-state index contributed by atoms with van der Waals surface area (Å²) in [6, 6.07) is 6.36. The monoisotopic (exact) mass is 341 g/mol. The van der Waals surface area contributed by atoms with Gasteiger partial charge in [-0.2, -0.15) is 0 Å². The number of benzene rings is 1. The Labute approximate surface area is 127 Å². The van der Waals surface area contributed by atoms with Crippen molar-refractivity contribution in [2.45, 2.75) is 38.3 Å². The minimum Gasteiger partial charge on any atom is -0.497 e. The van der Waals surface area contributed by atoms with Gasteiger partial charge in [0.25, 0.3) is 0 Å². The molecule has 0 aliphatic heterocycles. The number of halogens is 1. The number of aliphatic carboxylic acids is 1. The fourth-order valence-electron chi connectivity index (χ4n) is 2.60. The second kappa shape index (κ2) is 7.09. The fourth-order valence-corrected chi connectivity index (χ4v) is 3.10. The average molecular weight is 342 g/mol. The molecular weight excluding hydrogens is 322 g/mol. The zero-order valence-electron chi connectivity index (χ0n) is 11.6. The van der Waals surface area contributed by atoms with Crippen LogP contribution >= 0.6 is 15.9 Å². The SMILES string of the molecule is COc1ccc(CNC2CCC(C(=O)O)CC2)c(Br)c1. The van der Waals surface area contributed by atoms with Gasteiger partial charge < -0.3 is 15.2 Å². The minimum absolute atomic E-state index is 0.152. The maximum Gasteiger partial charge on any atom is 0.306 e. The number of carboxylic acid groups (broad SMARTS) is 1. The lowest BCUT2D eigenvalue weighted by molar-refractivity contribution is -0.142. The van der Waals surface area contributed by atoms with Crippen molar-refractivity contribution in [2.24, 2.45) is 5.92 Å². The van der Waals surface area contributed by atoms with Crippen molar-refractivity contribution >= 4 is 21.9 Å².